The average molecular weight is 521 g/mol. The van der Waals surface area contributed by atoms with Crippen LogP contribution in [0.4, 0.5) is 0 Å². The Hall–Kier alpha value is -3.07. The molecule has 0 aliphatic heterocycles. The second kappa shape index (κ2) is 13.5. The maximum Gasteiger partial charge on any atom is 0.338 e. The fraction of sp³-hybridized carbons (Fsp3) is 0.375. The molecule has 0 radical (unpaired) electrons. The molecule has 0 bridgehead atoms. The first-order chi connectivity index (χ1) is 15.8. The van der Waals surface area contributed by atoms with Crippen molar-refractivity contribution in [2.75, 3.05) is 19.8 Å². The Balaban J connectivity index is 1.84. The molecule has 2 rings (SSSR count). The van der Waals surface area contributed by atoms with E-state index in [1.165, 1.54) is 0 Å². The number of hydrogen-bond acceptors (Lipinski definition) is 6. The third-order valence-electron chi connectivity index (χ3n) is 4.35. The lowest BCUT2D eigenvalue weighted by atomic mass is 10.1. The summed E-state index contributed by atoms with van der Waals surface area (Å²) in [6.07, 6.45) is 1.60. The molecule has 0 heterocycles. The summed E-state index contributed by atoms with van der Waals surface area (Å²) in [6, 6.07) is 11.3. The number of esters is 1. The van der Waals surface area contributed by atoms with Gasteiger partial charge in [-0.25, -0.2) is 4.79 Å². The van der Waals surface area contributed by atoms with Crippen LogP contribution in [0.15, 0.2) is 46.9 Å². The average Bonchev–Trinajstić information content (AvgIpc) is 2.80. The quantitative estimate of drug-likeness (QED) is 0.338. The topological polar surface area (TPSA) is 103 Å². The zero-order valence-electron chi connectivity index (χ0n) is 19.0. The Kier molecular flexibility index (Phi) is 10.7. The fourth-order valence-electron chi connectivity index (χ4n) is 2.55. The second-order valence-electron chi connectivity index (χ2n) is 7.62. The van der Waals surface area contributed by atoms with Gasteiger partial charge >= 0.3 is 5.97 Å². The maximum atomic E-state index is 12.6. The van der Waals surface area contributed by atoms with Crippen molar-refractivity contribution in [1.82, 2.24) is 10.9 Å². The number of ether oxygens (including phenoxy) is 3. The molecule has 2 N–H and O–H groups in total. The third-order valence-corrected chi connectivity index (χ3v) is 4.84. The number of nitrogens with one attached hydrogen (secondary N) is 2. The Morgan fingerprint density at radius 3 is 2.36 bits per heavy atom. The number of benzene rings is 2. The van der Waals surface area contributed by atoms with Crippen LogP contribution in [0.25, 0.3) is 0 Å². The zero-order chi connectivity index (χ0) is 24.2. The van der Waals surface area contributed by atoms with Crippen LogP contribution in [-0.4, -0.2) is 37.6 Å². The van der Waals surface area contributed by atoms with Crippen molar-refractivity contribution >= 4 is 33.7 Å². The SMILES string of the molecule is CCCOC(=O)c1ccc(OCC(=O)NNC(=O)c2cc(Br)ccc2OCCC(C)C)cc1. The summed E-state index contributed by atoms with van der Waals surface area (Å²) in [6.45, 7) is 6.61. The molecule has 0 spiro atoms. The van der Waals surface area contributed by atoms with Crippen LogP contribution in [0.1, 0.15) is 54.3 Å². The molecular weight excluding hydrogens is 492 g/mol. The van der Waals surface area contributed by atoms with Crippen LogP contribution < -0.4 is 20.3 Å². The smallest absolute Gasteiger partial charge is 0.338 e. The van der Waals surface area contributed by atoms with Gasteiger partial charge in [0.05, 0.1) is 24.3 Å². The molecule has 0 unspecified atom stereocenters. The van der Waals surface area contributed by atoms with Gasteiger partial charge in [-0.2, -0.15) is 0 Å². The number of carbonyl (C=O) groups is 3. The van der Waals surface area contributed by atoms with E-state index in [9.17, 15) is 14.4 Å². The summed E-state index contributed by atoms with van der Waals surface area (Å²) in [4.78, 5) is 36.4. The van der Waals surface area contributed by atoms with E-state index < -0.39 is 17.8 Å². The van der Waals surface area contributed by atoms with Crippen molar-refractivity contribution in [2.24, 2.45) is 5.92 Å². The molecule has 9 heteroatoms. The zero-order valence-corrected chi connectivity index (χ0v) is 20.6. The second-order valence-corrected chi connectivity index (χ2v) is 8.54. The van der Waals surface area contributed by atoms with Gasteiger partial charge in [0.2, 0.25) is 0 Å². The molecule has 2 amide bonds. The summed E-state index contributed by atoms with van der Waals surface area (Å²) < 4.78 is 16.9. The number of hydrogen-bond donors (Lipinski definition) is 2. The minimum Gasteiger partial charge on any atom is -0.493 e. The predicted molar refractivity (Wildman–Crippen MR) is 127 cm³/mol. The molecule has 0 atom stereocenters. The highest BCUT2D eigenvalue weighted by Crippen LogP contribution is 2.23. The number of rotatable bonds is 11. The molecule has 0 saturated carbocycles. The first-order valence-electron chi connectivity index (χ1n) is 10.7. The van der Waals surface area contributed by atoms with E-state index in [4.69, 9.17) is 14.2 Å². The summed E-state index contributed by atoms with van der Waals surface area (Å²) in [5.41, 5.74) is 5.37. The van der Waals surface area contributed by atoms with Crippen molar-refractivity contribution in [3.63, 3.8) is 0 Å². The number of amides is 2. The number of hydrazine groups is 1. The van der Waals surface area contributed by atoms with Gasteiger partial charge in [0.1, 0.15) is 11.5 Å². The van der Waals surface area contributed by atoms with E-state index in [0.29, 0.717) is 46.2 Å². The minimum absolute atomic E-state index is 0.292. The number of carbonyl (C=O) groups excluding carboxylic acids is 3. The molecule has 2 aromatic carbocycles. The summed E-state index contributed by atoms with van der Waals surface area (Å²) in [7, 11) is 0. The van der Waals surface area contributed by atoms with Gasteiger partial charge in [-0.15, -0.1) is 0 Å². The molecule has 0 aliphatic carbocycles. The van der Waals surface area contributed by atoms with Crippen molar-refractivity contribution in [3.05, 3.63) is 58.1 Å². The van der Waals surface area contributed by atoms with Crippen LogP contribution in [0.5, 0.6) is 11.5 Å². The summed E-state index contributed by atoms with van der Waals surface area (Å²) in [5, 5.41) is 0. The van der Waals surface area contributed by atoms with Crippen molar-refractivity contribution in [1.29, 1.82) is 0 Å². The van der Waals surface area contributed by atoms with Crippen molar-refractivity contribution in [3.8, 4) is 11.5 Å². The van der Waals surface area contributed by atoms with Crippen molar-refractivity contribution < 1.29 is 28.6 Å². The summed E-state index contributed by atoms with van der Waals surface area (Å²) >= 11 is 3.34. The highest BCUT2D eigenvalue weighted by Gasteiger charge is 2.15. The number of halogens is 1. The van der Waals surface area contributed by atoms with Crippen LogP contribution in [0.3, 0.4) is 0 Å². The molecule has 33 heavy (non-hydrogen) atoms. The van der Waals surface area contributed by atoms with Gasteiger partial charge in [0.25, 0.3) is 11.8 Å². The first-order valence-corrected chi connectivity index (χ1v) is 11.5. The summed E-state index contributed by atoms with van der Waals surface area (Å²) in [5.74, 6) is -0.172. The third kappa shape index (κ3) is 9.13. The van der Waals surface area contributed by atoms with Crippen LogP contribution in [0, 0.1) is 5.92 Å². The van der Waals surface area contributed by atoms with Gasteiger partial charge in [-0.05, 0) is 61.2 Å². The van der Waals surface area contributed by atoms with Gasteiger partial charge in [-0.3, -0.25) is 20.4 Å². The van der Waals surface area contributed by atoms with E-state index >= 15 is 0 Å². The molecule has 0 fully saturated rings. The molecule has 0 aliphatic rings. The van der Waals surface area contributed by atoms with E-state index in [0.717, 1.165) is 12.8 Å². The minimum atomic E-state index is -0.549. The normalized spacial score (nSPS) is 10.5. The Bertz CT molecular complexity index is 946. The molecule has 8 nitrogen and oxygen atoms in total. The monoisotopic (exact) mass is 520 g/mol. The Morgan fingerprint density at radius 1 is 0.970 bits per heavy atom. The van der Waals surface area contributed by atoms with Gasteiger partial charge < -0.3 is 14.2 Å². The van der Waals surface area contributed by atoms with Crippen LogP contribution >= 0.6 is 15.9 Å². The van der Waals surface area contributed by atoms with E-state index in [1.807, 2.05) is 6.92 Å². The highest BCUT2D eigenvalue weighted by atomic mass is 79.9. The van der Waals surface area contributed by atoms with Crippen LogP contribution in [0.2, 0.25) is 0 Å². The van der Waals surface area contributed by atoms with E-state index in [2.05, 4.69) is 40.6 Å². The van der Waals surface area contributed by atoms with Crippen molar-refractivity contribution in [2.45, 2.75) is 33.6 Å². The lowest BCUT2D eigenvalue weighted by Crippen LogP contribution is -2.44. The molecule has 178 valence electrons. The van der Waals surface area contributed by atoms with Gasteiger partial charge in [0, 0.05) is 4.47 Å². The Labute approximate surface area is 202 Å². The Morgan fingerprint density at radius 2 is 1.70 bits per heavy atom. The molecular formula is C24H29BrN2O6. The predicted octanol–water partition coefficient (Wildman–Crippen LogP) is 4.28. The van der Waals surface area contributed by atoms with Crippen LogP contribution in [-0.2, 0) is 9.53 Å². The lowest BCUT2D eigenvalue weighted by Gasteiger charge is -2.14. The molecule has 0 saturated heterocycles. The van der Waals surface area contributed by atoms with Gasteiger partial charge in [0.15, 0.2) is 6.61 Å². The molecule has 2 aromatic rings. The van der Waals surface area contributed by atoms with Gasteiger partial charge in [-0.1, -0.05) is 36.7 Å². The fourth-order valence-corrected chi connectivity index (χ4v) is 2.92. The standard InChI is InChI=1S/C24H29BrN2O6/c1-4-12-32-24(30)17-5-8-19(9-6-17)33-15-22(28)26-27-23(29)20-14-18(25)7-10-21(20)31-13-11-16(2)3/h5-10,14,16H,4,11-13,15H2,1-3H3,(H,26,28)(H,27,29). The van der Waals surface area contributed by atoms with E-state index in [-0.39, 0.29) is 6.61 Å². The molecule has 0 aromatic heterocycles. The van der Waals surface area contributed by atoms with E-state index in [1.54, 1.807) is 42.5 Å². The lowest BCUT2D eigenvalue weighted by molar-refractivity contribution is -0.123. The maximum absolute atomic E-state index is 12.6. The largest absolute Gasteiger partial charge is 0.493 e. The first kappa shape index (κ1) is 26.2. The highest BCUT2D eigenvalue weighted by molar-refractivity contribution is 9.10.